The van der Waals surface area contributed by atoms with Gasteiger partial charge in [0.2, 0.25) is 0 Å². The summed E-state index contributed by atoms with van der Waals surface area (Å²) in [6, 6.07) is 0. The molecule has 4 heteroatoms. The third kappa shape index (κ3) is 1.73. The molecule has 0 aliphatic carbocycles. The fraction of sp³-hybridized carbons (Fsp3) is 0.778. The zero-order valence-electron chi connectivity index (χ0n) is 8.16. The van der Waals surface area contributed by atoms with E-state index in [1.165, 1.54) is 18.0 Å². The van der Waals surface area contributed by atoms with Crippen molar-refractivity contribution in [2.24, 2.45) is 0 Å². The van der Waals surface area contributed by atoms with Crippen molar-refractivity contribution in [1.29, 1.82) is 0 Å². The van der Waals surface area contributed by atoms with E-state index in [1.807, 2.05) is 11.8 Å². The van der Waals surface area contributed by atoms with E-state index in [2.05, 4.69) is 28.6 Å². The van der Waals surface area contributed by atoms with Crippen molar-refractivity contribution in [2.45, 2.75) is 38.5 Å². The predicted molar refractivity (Wildman–Crippen MR) is 54.9 cm³/mol. The van der Waals surface area contributed by atoms with Crippen molar-refractivity contribution in [2.75, 3.05) is 5.75 Å². The Kier molecular flexibility index (Phi) is 2.58. The molecule has 72 valence electrons. The SMILES string of the molecule is CC(C)c1nnc2n1CSCCC2. The lowest BCUT2D eigenvalue weighted by molar-refractivity contribution is 0.682. The molecule has 1 aliphatic rings. The molecule has 3 nitrogen and oxygen atoms in total. The first-order valence-corrected chi connectivity index (χ1v) is 5.94. The van der Waals surface area contributed by atoms with Crippen LogP contribution in [0.25, 0.3) is 0 Å². The van der Waals surface area contributed by atoms with Crippen LogP contribution in [0.15, 0.2) is 0 Å². The zero-order chi connectivity index (χ0) is 9.26. The molecule has 1 aliphatic heterocycles. The number of aromatic nitrogens is 3. The number of fused-ring (bicyclic) bond motifs is 1. The number of hydrogen-bond donors (Lipinski definition) is 0. The Balaban J connectivity index is 2.34. The van der Waals surface area contributed by atoms with Crippen molar-refractivity contribution in [3.8, 4) is 0 Å². The fourth-order valence-electron chi connectivity index (χ4n) is 1.59. The highest BCUT2D eigenvalue weighted by Gasteiger charge is 2.16. The van der Waals surface area contributed by atoms with Gasteiger partial charge in [-0.3, -0.25) is 0 Å². The van der Waals surface area contributed by atoms with Crippen LogP contribution in [0.4, 0.5) is 0 Å². The molecule has 0 saturated heterocycles. The van der Waals surface area contributed by atoms with E-state index in [-0.39, 0.29) is 0 Å². The Morgan fingerprint density at radius 1 is 1.38 bits per heavy atom. The van der Waals surface area contributed by atoms with E-state index < -0.39 is 0 Å². The molecule has 1 aromatic heterocycles. The van der Waals surface area contributed by atoms with Gasteiger partial charge in [0, 0.05) is 12.3 Å². The minimum absolute atomic E-state index is 0.486. The summed E-state index contributed by atoms with van der Waals surface area (Å²) in [5.41, 5.74) is 0. The van der Waals surface area contributed by atoms with Gasteiger partial charge in [0.05, 0.1) is 5.88 Å². The molecule has 0 atom stereocenters. The Bertz CT molecular complexity index is 293. The maximum Gasteiger partial charge on any atom is 0.136 e. The van der Waals surface area contributed by atoms with Gasteiger partial charge in [-0.05, 0) is 12.2 Å². The first-order valence-electron chi connectivity index (χ1n) is 4.78. The Morgan fingerprint density at radius 2 is 2.23 bits per heavy atom. The van der Waals surface area contributed by atoms with E-state index >= 15 is 0 Å². The van der Waals surface area contributed by atoms with E-state index in [0.717, 1.165) is 18.1 Å². The van der Waals surface area contributed by atoms with Crippen LogP contribution in [0.3, 0.4) is 0 Å². The zero-order valence-corrected chi connectivity index (χ0v) is 8.97. The molecule has 2 rings (SSSR count). The van der Waals surface area contributed by atoms with Crippen molar-refractivity contribution in [1.82, 2.24) is 14.8 Å². The smallest absolute Gasteiger partial charge is 0.136 e. The van der Waals surface area contributed by atoms with Gasteiger partial charge in [-0.25, -0.2) is 0 Å². The summed E-state index contributed by atoms with van der Waals surface area (Å²) in [5.74, 6) is 5.09. The molecule has 1 aromatic rings. The van der Waals surface area contributed by atoms with E-state index in [0.29, 0.717) is 5.92 Å². The van der Waals surface area contributed by atoms with Gasteiger partial charge >= 0.3 is 0 Å². The van der Waals surface area contributed by atoms with Crippen molar-refractivity contribution < 1.29 is 0 Å². The Morgan fingerprint density at radius 3 is 3.00 bits per heavy atom. The topological polar surface area (TPSA) is 30.7 Å². The third-order valence-corrected chi connectivity index (χ3v) is 3.30. The first kappa shape index (κ1) is 9.06. The van der Waals surface area contributed by atoms with Gasteiger partial charge in [0.25, 0.3) is 0 Å². The van der Waals surface area contributed by atoms with Gasteiger partial charge in [-0.2, -0.15) is 0 Å². The lowest BCUT2D eigenvalue weighted by atomic mass is 10.2. The first-order chi connectivity index (χ1) is 6.29. The normalized spacial score (nSPS) is 17.2. The molecule has 0 aromatic carbocycles. The quantitative estimate of drug-likeness (QED) is 0.690. The molecule has 0 radical (unpaired) electrons. The van der Waals surface area contributed by atoms with Gasteiger partial charge in [-0.15, -0.1) is 22.0 Å². The highest BCUT2D eigenvalue weighted by molar-refractivity contribution is 7.98. The van der Waals surface area contributed by atoms with E-state index in [4.69, 9.17) is 0 Å². The van der Waals surface area contributed by atoms with Crippen LogP contribution < -0.4 is 0 Å². The lowest BCUT2D eigenvalue weighted by Gasteiger charge is -2.08. The van der Waals surface area contributed by atoms with Gasteiger partial charge < -0.3 is 4.57 Å². The molecule has 0 spiro atoms. The number of aryl methyl sites for hydroxylation is 1. The summed E-state index contributed by atoms with van der Waals surface area (Å²) in [4.78, 5) is 0. The maximum atomic E-state index is 4.24. The number of rotatable bonds is 1. The molecular weight excluding hydrogens is 182 g/mol. The third-order valence-electron chi connectivity index (χ3n) is 2.28. The summed E-state index contributed by atoms with van der Waals surface area (Å²) in [5, 5.41) is 8.48. The van der Waals surface area contributed by atoms with Crippen molar-refractivity contribution >= 4 is 11.8 Å². The highest BCUT2D eigenvalue weighted by Crippen LogP contribution is 2.21. The Hall–Kier alpha value is -0.510. The van der Waals surface area contributed by atoms with Gasteiger partial charge in [-0.1, -0.05) is 13.8 Å². The minimum atomic E-state index is 0.486. The predicted octanol–water partition coefficient (Wildman–Crippen LogP) is 2.04. The van der Waals surface area contributed by atoms with Crippen LogP contribution in [-0.4, -0.2) is 20.5 Å². The minimum Gasteiger partial charge on any atom is -0.305 e. The maximum absolute atomic E-state index is 4.24. The largest absolute Gasteiger partial charge is 0.305 e. The van der Waals surface area contributed by atoms with Crippen LogP contribution in [0, 0.1) is 0 Å². The Labute approximate surface area is 82.9 Å². The molecule has 2 heterocycles. The second kappa shape index (κ2) is 3.70. The van der Waals surface area contributed by atoms with Crippen LogP contribution in [-0.2, 0) is 12.3 Å². The van der Waals surface area contributed by atoms with Crippen LogP contribution in [0.2, 0.25) is 0 Å². The number of nitrogens with zero attached hydrogens (tertiary/aromatic N) is 3. The fourth-order valence-corrected chi connectivity index (χ4v) is 2.53. The average Bonchev–Trinajstić information content (AvgIpc) is 2.36. The summed E-state index contributed by atoms with van der Waals surface area (Å²) in [6.07, 6.45) is 2.33. The monoisotopic (exact) mass is 197 g/mol. The summed E-state index contributed by atoms with van der Waals surface area (Å²) in [6.45, 7) is 4.35. The lowest BCUT2D eigenvalue weighted by Crippen LogP contribution is -2.05. The second-order valence-corrected chi connectivity index (χ2v) is 4.77. The molecule has 0 N–H and O–H groups in total. The molecular formula is C9H15N3S. The number of thioether (sulfide) groups is 1. The van der Waals surface area contributed by atoms with Crippen LogP contribution >= 0.6 is 11.8 Å². The summed E-state index contributed by atoms with van der Waals surface area (Å²) < 4.78 is 2.28. The molecule has 0 bridgehead atoms. The van der Waals surface area contributed by atoms with Crippen molar-refractivity contribution in [3.05, 3.63) is 11.6 Å². The molecule has 0 saturated carbocycles. The highest BCUT2D eigenvalue weighted by atomic mass is 32.2. The van der Waals surface area contributed by atoms with Crippen LogP contribution in [0.5, 0.6) is 0 Å². The summed E-state index contributed by atoms with van der Waals surface area (Å²) >= 11 is 1.98. The second-order valence-electron chi connectivity index (χ2n) is 3.70. The summed E-state index contributed by atoms with van der Waals surface area (Å²) in [7, 11) is 0. The average molecular weight is 197 g/mol. The number of hydrogen-bond acceptors (Lipinski definition) is 3. The van der Waals surface area contributed by atoms with E-state index in [9.17, 15) is 0 Å². The van der Waals surface area contributed by atoms with Gasteiger partial charge in [0.1, 0.15) is 11.6 Å². The van der Waals surface area contributed by atoms with Gasteiger partial charge in [0.15, 0.2) is 0 Å². The molecule has 0 fully saturated rings. The molecule has 0 unspecified atom stereocenters. The molecule has 13 heavy (non-hydrogen) atoms. The van der Waals surface area contributed by atoms with Crippen LogP contribution in [0.1, 0.15) is 37.8 Å². The van der Waals surface area contributed by atoms with E-state index in [1.54, 1.807) is 0 Å². The molecule has 0 amide bonds. The standard InChI is InChI=1S/C9H15N3S/c1-7(2)9-11-10-8-4-3-5-13-6-12(8)9/h7H,3-6H2,1-2H3. The van der Waals surface area contributed by atoms with Crippen molar-refractivity contribution in [3.63, 3.8) is 0 Å².